The number of hydrogen-bond donors (Lipinski definition) is 1. The number of halogens is 1. The van der Waals surface area contributed by atoms with Crippen LogP contribution in [-0.2, 0) is 0 Å². The fourth-order valence-electron chi connectivity index (χ4n) is 4.97. The summed E-state index contributed by atoms with van der Waals surface area (Å²) in [5.74, 6) is -0.899. The molecule has 3 heterocycles. The second-order valence-corrected chi connectivity index (χ2v) is 8.88. The van der Waals surface area contributed by atoms with E-state index in [1.54, 1.807) is 6.07 Å². The summed E-state index contributed by atoms with van der Waals surface area (Å²) < 4.78 is 19.2. The van der Waals surface area contributed by atoms with Crippen molar-refractivity contribution in [2.45, 2.75) is 38.1 Å². The maximum atomic E-state index is 13.5. The minimum absolute atomic E-state index is 0.142. The number of anilines is 1. The van der Waals surface area contributed by atoms with Crippen LogP contribution >= 0.6 is 0 Å². The van der Waals surface area contributed by atoms with Crippen molar-refractivity contribution in [2.24, 2.45) is 0 Å². The Kier molecular flexibility index (Phi) is 6.13. The van der Waals surface area contributed by atoms with E-state index in [0.717, 1.165) is 25.9 Å². The van der Waals surface area contributed by atoms with Crippen molar-refractivity contribution in [1.82, 2.24) is 9.80 Å². The largest absolute Gasteiger partial charge is 0.449 e. The van der Waals surface area contributed by atoms with E-state index in [1.165, 1.54) is 43.5 Å². The first-order valence-corrected chi connectivity index (χ1v) is 11.7. The van der Waals surface area contributed by atoms with Crippen LogP contribution in [0.3, 0.4) is 0 Å². The van der Waals surface area contributed by atoms with Gasteiger partial charge < -0.3 is 19.5 Å². The van der Waals surface area contributed by atoms with E-state index in [2.05, 4.69) is 10.2 Å². The van der Waals surface area contributed by atoms with E-state index in [9.17, 15) is 14.0 Å². The molecule has 2 saturated heterocycles. The average Bonchev–Trinajstić information content (AvgIpc) is 3.23. The molecule has 0 unspecified atom stereocenters. The number of carbonyl (C=O) groups excluding carboxylic acids is 2. The van der Waals surface area contributed by atoms with Crippen molar-refractivity contribution >= 4 is 28.5 Å². The number of piperidine rings is 2. The highest BCUT2D eigenvalue weighted by Crippen LogP contribution is 2.33. The minimum Gasteiger partial charge on any atom is -0.449 e. The molecule has 2 aliphatic rings. The number of nitrogens with one attached hydrogen (secondary N) is 1. The number of rotatable bonds is 4. The number of carbonyl (C=O) groups is 2. The number of para-hydroxylation sites is 1. The predicted molar refractivity (Wildman–Crippen MR) is 125 cm³/mol. The Hall–Kier alpha value is -3.19. The van der Waals surface area contributed by atoms with Crippen LogP contribution in [0.4, 0.5) is 10.1 Å². The van der Waals surface area contributed by atoms with Gasteiger partial charge in [0.25, 0.3) is 11.8 Å². The van der Waals surface area contributed by atoms with Crippen LogP contribution < -0.4 is 5.32 Å². The van der Waals surface area contributed by atoms with E-state index in [4.69, 9.17) is 4.42 Å². The van der Waals surface area contributed by atoms with Gasteiger partial charge in [0.1, 0.15) is 17.1 Å². The van der Waals surface area contributed by atoms with Gasteiger partial charge in [-0.2, -0.15) is 0 Å². The second-order valence-electron chi connectivity index (χ2n) is 8.88. The molecule has 0 bridgehead atoms. The molecule has 0 atom stereocenters. The smallest absolute Gasteiger partial charge is 0.291 e. The van der Waals surface area contributed by atoms with Gasteiger partial charge >= 0.3 is 0 Å². The molecule has 172 valence electrons. The van der Waals surface area contributed by atoms with Gasteiger partial charge in [-0.25, -0.2) is 4.39 Å². The molecule has 2 aromatic carbocycles. The quantitative estimate of drug-likeness (QED) is 0.614. The zero-order chi connectivity index (χ0) is 22.8. The number of benzene rings is 2. The Morgan fingerprint density at radius 2 is 1.61 bits per heavy atom. The zero-order valence-corrected chi connectivity index (χ0v) is 18.6. The van der Waals surface area contributed by atoms with Gasteiger partial charge in [0.05, 0.1) is 0 Å². The molecule has 7 heteroatoms. The monoisotopic (exact) mass is 449 g/mol. The van der Waals surface area contributed by atoms with Crippen LogP contribution in [0, 0.1) is 5.82 Å². The molecule has 2 amide bonds. The Balaban J connectivity index is 1.36. The second kappa shape index (κ2) is 9.35. The third-order valence-corrected chi connectivity index (χ3v) is 6.79. The van der Waals surface area contributed by atoms with Gasteiger partial charge in [-0.15, -0.1) is 0 Å². The van der Waals surface area contributed by atoms with Crippen LogP contribution in [0.25, 0.3) is 11.0 Å². The van der Waals surface area contributed by atoms with Crippen molar-refractivity contribution in [3.8, 4) is 0 Å². The molecule has 3 aromatic rings. The van der Waals surface area contributed by atoms with Gasteiger partial charge in [-0.3, -0.25) is 9.59 Å². The maximum absolute atomic E-state index is 13.5. The number of likely N-dealkylation sites (tertiary alicyclic amines) is 2. The summed E-state index contributed by atoms with van der Waals surface area (Å²) >= 11 is 0. The molecule has 0 spiro atoms. The third-order valence-electron chi connectivity index (χ3n) is 6.79. The minimum atomic E-state index is -0.417. The van der Waals surface area contributed by atoms with E-state index in [1.807, 2.05) is 23.1 Å². The lowest BCUT2D eigenvalue weighted by atomic mass is 9.99. The SMILES string of the molecule is O=C(Nc1c(C(=O)N2CCC(N3CCCCC3)CC2)oc2ccccc12)c1ccc(F)cc1. The molecule has 5 rings (SSSR count). The third kappa shape index (κ3) is 4.50. The van der Waals surface area contributed by atoms with Crippen molar-refractivity contribution < 1.29 is 18.4 Å². The Bertz CT molecular complexity index is 1140. The van der Waals surface area contributed by atoms with Crippen molar-refractivity contribution in [1.29, 1.82) is 0 Å². The number of amides is 2. The summed E-state index contributed by atoms with van der Waals surface area (Å²) in [4.78, 5) is 30.7. The molecule has 0 radical (unpaired) electrons. The highest BCUT2D eigenvalue weighted by Gasteiger charge is 2.31. The zero-order valence-electron chi connectivity index (χ0n) is 18.6. The van der Waals surface area contributed by atoms with Crippen LogP contribution in [0.2, 0.25) is 0 Å². The van der Waals surface area contributed by atoms with E-state index >= 15 is 0 Å². The number of furan rings is 1. The van der Waals surface area contributed by atoms with Crippen molar-refractivity contribution in [2.75, 3.05) is 31.5 Å². The molecule has 1 N–H and O–H groups in total. The van der Waals surface area contributed by atoms with Gasteiger partial charge in [-0.1, -0.05) is 18.6 Å². The van der Waals surface area contributed by atoms with Crippen molar-refractivity contribution in [3.63, 3.8) is 0 Å². The standard InChI is InChI=1S/C26H28FN3O3/c27-19-10-8-18(9-11-19)25(31)28-23-21-6-2-3-7-22(21)33-24(23)26(32)30-16-12-20(13-17-30)29-14-4-1-5-15-29/h2-3,6-11,20H,1,4-5,12-17H2,(H,28,31). The summed E-state index contributed by atoms with van der Waals surface area (Å²) in [6, 6.07) is 13.1. The Morgan fingerprint density at radius 3 is 2.33 bits per heavy atom. The molecular formula is C26H28FN3O3. The van der Waals surface area contributed by atoms with Crippen LogP contribution in [0.1, 0.15) is 53.0 Å². The normalized spacial score (nSPS) is 17.9. The van der Waals surface area contributed by atoms with Gasteiger partial charge in [0, 0.05) is 30.1 Å². The molecule has 2 fully saturated rings. The highest BCUT2D eigenvalue weighted by atomic mass is 19.1. The first kappa shape index (κ1) is 21.6. The van der Waals surface area contributed by atoms with Gasteiger partial charge in [0.2, 0.25) is 5.76 Å². The molecule has 0 saturated carbocycles. The van der Waals surface area contributed by atoms with Crippen LogP contribution in [0.5, 0.6) is 0 Å². The fourth-order valence-corrected chi connectivity index (χ4v) is 4.97. The van der Waals surface area contributed by atoms with E-state index < -0.39 is 11.7 Å². The van der Waals surface area contributed by atoms with E-state index in [0.29, 0.717) is 41.4 Å². The lowest BCUT2D eigenvalue weighted by molar-refractivity contribution is 0.0565. The summed E-state index contributed by atoms with van der Waals surface area (Å²) in [7, 11) is 0. The molecular weight excluding hydrogens is 421 g/mol. The number of nitrogens with zero attached hydrogens (tertiary/aromatic N) is 2. The van der Waals surface area contributed by atoms with Crippen molar-refractivity contribution in [3.05, 3.63) is 65.7 Å². The lowest BCUT2D eigenvalue weighted by Crippen LogP contribution is -2.48. The summed E-state index contributed by atoms with van der Waals surface area (Å²) in [5.41, 5.74) is 1.21. The predicted octanol–water partition coefficient (Wildman–Crippen LogP) is 4.91. The molecule has 0 aliphatic carbocycles. The molecule has 1 aromatic heterocycles. The van der Waals surface area contributed by atoms with Crippen LogP contribution in [-0.4, -0.2) is 53.8 Å². The summed E-state index contributed by atoms with van der Waals surface area (Å²) in [6.07, 6.45) is 5.73. The number of fused-ring (bicyclic) bond motifs is 1. The van der Waals surface area contributed by atoms with E-state index in [-0.39, 0.29) is 11.7 Å². The number of hydrogen-bond acceptors (Lipinski definition) is 4. The first-order chi connectivity index (χ1) is 16.1. The van der Waals surface area contributed by atoms with Gasteiger partial charge in [0.15, 0.2) is 0 Å². The average molecular weight is 450 g/mol. The fraction of sp³-hybridized carbons (Fsp3) is 0.385. The Labute approximate surface area is 192 Å². The highest BCUT2D eigenvalue weighted by molar-refractivity contribution is 6.14. The first-order valence-electron chi connectivity index (χ1n) is 11.7. The lowest BCUT2D eigenvalue weighted by Gasteiger charge is -2.40. The molecule has 6 nitrogen and oxygen atoms in total. The topological polar surface area (TPSA) is 65.8 Å². The molecule has 2 aliphatic heterocycles. The summed E-state index contributed by atoms with van der Waals surface area (Å²) in [5, 5.41) is 3.51. The summed E-state index contributed by atoms with van der Waals surface area (Å²) in [6.45, 7) is 3.65. The maximum Gasteiger partial charge on any atom is 0.291 e. The van der Waals surface area contributed by atoms with Gasteiger partial charge in [-0.05, 0) is 75.2 Å². The Morgan fingerprint density at radius 1 is 0.909 bits per heavy atom. The molecule has 33 heavy (non-hydrogen) atoms. The van der Waals surface area contributed by atoms with Crippen LogP contribution in [0.15, 0.2) is 52.9 Å².